The Labute approximate surface area is 110 Å². The highest BCUT2D eigenvalue weighted by molar-refractivity contribution is 5.98. The lowest BCUT2D eigenvalue weighted by Crippen LogP contribution is -2.35. The normalized spacial score (nSPS) is 14.0. The lowest BCUT2D eigenvalue weighted by atomic mass is 10.1. The summed E-state index contributed by atoms with van der Waals surface area (Å²) in [5, 5.41) is 10.0. The molecule has 1 aromatic heterocycles. The van der Waals surface area contributed by atoms with Crippen LogP contribution in [-0.4, -0.2) is 36.8 Å². The van der Waals surface area contributed by atoms with Crippen molar-refractivity contribution in [2.24, 2.45) is 0 Å². The Bertz CT molecular complexity index is 635. The number of carbonyl (C=O) groups excluding carboxylic acids is 1. The number of nitrogens with zero attached hydrogens (tertiary/aromatic N) is 2. The molecule has 1 aromatic carbocycles. The van der Waals surface area contributed by atoms with Crippen molar-refractivity contribution in [2.45, 2.75) is 0 Å². The minimum Gasteiger partial charge on any atom is -0.482 e. The van der Waals surface area contributed by atoms with Crippen molar-refractivity contribution in [3.8, 4) is 17.0 Å². The molecule has 1 amide bonds. The van der Waals surface area contributed by atoms with Crippen molar-refractivity contribution < 1.29 is 9.53 Å². The molecule has 0 unspecified atom stereocenters. The Morgan fingerprint density at radius 2 is 2.26 bits per heavy atom. The van der Waals surface area contributed by atoms with Crippen molar-refractivity contribution in [1.82, 2.24) is 10.2 Å². The molecule has 2 heterocycles. The van der Waals surface area contributed by atoms with E-state index in [1.54, 1.807) is 11.9 Å². The molecule has 0 atom stereocenters. The molecule has 3 rings (SSSR count). The average molecular weight is 258 g/mol. The van der Waals surface area contributed by atoms with Gasteiger partial charge in [-0.2, -0.15) is 5.10 Å². The van der Waals surface area contributed by atoms with Gasteiger partial charge in [0.05, 0.1) is 11.4 Å². The predicted octanol–water partition coefficient (Wildman–Crippen LogP) is 1.47. The highest BCUT2D eigenvalue weighted by Crippen LogP contribution is 2.35. The number of ether oxygens (including phenoxy) is 1. The number of aromatic amines is 1. The second kappa shape index (κ2) is 4.31. The lowest BCUT2D eigenvalue weighted by molar-refractivity contribution is -0.120. The van der Waals surface area contributed by atoms with Crippen LogP contribution in [0.25, 0.3) is 11.3 Å². The molecule has 98 valence electrons. The van der Waals surface area contributed by atoms with Crippen LogP contribution in [0.3, 0.4) is 0 Å². The topological polar surface area (TPSA) is 70.2 Å². The molecular weight excluding hydrogens is 244 g/mol. The van der Waals surface area contributed by atoms with E-state index in [9.17, 15) is 4.79 Å². The van der Waals surface area contributed by atoms with Crippen LogP contribution in [0.4, 0.5) is 11.5 Å². The number of hydrogen-bond donors (Lipinski definition) is 2. The van der Waals surface area contributed by atoms with Crippen molar-refractivity contribution in [3.05, 3.63) is 24.3 Å². The molecule has 0 fully saturated rings. The molecular formula is C13H14N4O2. The van der Waals surface area contributed by atoms with E-state index in [0.29, 0.717) is 0 Å². The standard InChI is InChI=1S/C13H14N4O2/c1-14-12-6-9(15-16-12)8-3-4-11-10(5-8)17(2)13(18)7-19-11/h3-6H,7H2,1-2H3,(H2,14,15,16). The fraction of sp³-hybridized carbons (Fsp3) is 0.231. The number of H-pyrrole nitrogens is 1. The minimum absolute atomic E-state index is 0.0508. The number of hydrogen-bond acceptors (Lipinski definition) is 4. The maximum atomic E-state index is 11.6. The van der Waals surface area contributed by atoms with Gasteiger partial charge in [0.2, 0.25) is 0 Å². The SMILES string of the molecule is CNc1cc(-c2ccc3c(c2)N(C)C(=O)CO3)[nH]n1. The first-order valence-corrected chi connectivity index (χ1v) is 5.96. The maximum Gasteiger partial charge on any atom is 0.264 e. The summed E-state index contributed by atoms with van der Waals surface area (Å²) in [4.78, 5) is 13.2. The number of amides is 1. The summed E-state index contributed by atoms with van der Waals surface area (Å²) in [6.07, 6.45) is 0. The molecule has 0 spiro atoms. The van der Waals surface area contributed by atoms with E-state index in [2.05, 4.69) is 15.5 Å². The minimum atomic E-state index is -0.0508. The van der Waals surface area contributed by atoms with Crippen molar-refractivity contribution in [3.63, 3.8) is 0 Å². The molecule has 0 saturated heterocycles. The molecule has 0 radical (unpaired) electrons. The van der Waals surface area contributed by atoms with E-state index < -0.39 is 0 Å². The Hall–Kier alpha value is -2.50. The first kappa shape index (κ1) is 11.6. The second-order valence-electron chi connectivity index (χ2n) is 4.34. The third kappa shape index (κ3) is 1.91. The quantitative estimate of drug-likeness (QED) is 0.856. The summed E-state index contributed by atoms with van der Waals surface area (Å²) in [5.41, 5.74) is 2.62. The molecule has 2 N–H and O–H groups in total. The van der Waals surface area contributed by atoms with Crippen LogP contribution in [0.15, 0.2) is 24.3 Å². The van der Waals surface area contributed by atoms with Gasteiger partial charge in [-0.15, -0.1) is 0 Å². The van der Waals surface area contributed by atoms with Gasteiger partial charge in [0.1, 0.15) is 11.6 Å². The van der Waals surface area contributed by atoms with Gasteiger partial charge in [0.25, 0.3) is 5.91 Å². The van der Waals surface area contributed by atoms with Crippen LogP contribution < -0.4 is 15.0 Å². The lowest BCUT2D eigenvalue weighted by Gasteiger charge is -2.26. The molecule has 0 bridgehead atoms. The summed E-state index contributed by atoms with van der Waals surface area (Å²) >= 11 is 0. The molecule has 6 heteroatoms. The van der Waals surface area contributed by atoms with E-state index in [-0.39, 0.29) is 12.5 Å². The van der Waals surface area contributed by atoms with Crippen LogP contribution >= 0.6 is 0 Å². The third-order valence-electron chi connectivity index (χ3n) is 3.19. The van der Waals surface area contributed by atoms with Gasteiger partial charge in [-0.3, -0.25) is 9.89 Å². The van der Waals surface area contributed by atoms with E-state index in [1.165, 1.54) is 0 Å². The zero-order chi connectivity index (χ0) is 13.4. The van der Waals surface area contributed by atoms with Gasteiger partial charge >= 0.3 is 0 Å². The number of rotatable bonds is 2. The summed E-state index contributed by atoms with van der Waals surface area (Å²) in [6.45, 7) is 0.0941. The average Bonchev–Trinajstić information content (AvgIpc) is 2.92. The molecule has 1 aliphatic heterocycles. The number of likely N-dealkylation sites (N-methyl/N-ethyl adjacent to an activating group) is 1. The van der Waals surface area contributed by atoms with Gasteiger partial charge in [-0.05, 0) is 18.2 Å². The second-order valence-corrected chi connectivity index (χ2v) is 4.34. The monoisotopic (exact) mass is 258 g/mol. The smallest absolute Gasteiger partial charge is 0.264 e. The number of fused-ring (bicyclic) bond motifs is 1. The van der Waals surface area contributed by atoms with Crippen LogP contribution in [0.5, 0.6) is 5.75 Å². The summed E-state index contributed by atoms with van der Waals surface area (Å²) in [6, 6.07) is 7.63. The summed E-state index contributed by atoms with van der Waals surface area (Å²) < 4.78 is 5.39. The Morgan fingerprint density at radius 1 is 1.42 bits per heavy atom. The van der Waals surface area contributed by atoms with E-state index >= 15 is 0 Å². The number of carbonyl (C=O) groups is 1. The van der Waals surface area contributed by atoms with Crippen LogP contribution in [0.1, 0.15) is 0 Å². The highest BCUT2D eigenvalue weighted by atomic mass is 16.5. The predicted molar refractivity (Wildman–Crippen MR) is 72.5 cm³/mol. The zero-order valence-electron chi connectivity index (χ0n) is 10.7. The zero-order valence-corrected chi connectivity index (χ0v) is 10.7. The van der Waals surface area contributed by atoms with E-state index in [1.807, 2.05) is 31.3 Å². The molecule has 1 aliphatic rings. The van der Waals surface area contributed by atoms with Crippen molar-refractivity contribution in [2.75, 3.05) is 30.9 Å². The molecule has 2 aromatic rings. The Morgan fingerprint density at radius 3 is 3.00 bits per heavy atom. The van der Waals surface area contributed by atoms with E-state index in [0.717, 1.165) is 28.5 Å². The van der Waals surface area contributed by atoms with Gasteiger partial charge in [-0.25, -0.2) is 0 Å². The van der Waals surface area contributed by atoms with Crippen molar-refractivity contribution >= 4 is 17.4 Å². The summed E-state index contributed by atoms with van der Waals surface area (Å²) in [7, 11) is 3.56. The van der Waals surface area contributed by atoms with Crippen LogP contribution in [0.2, 0.25) is 0 Å². The van der Waals surface area contributed by atoms with Gasteiger partial charge in [-0.1, -0.05) is 0 Å². The molecule has 0 saturated carbocycles. The first-order valence-electron chi connectivity index (χ1n) is 5.96. The Balaban J connectivity index is 2.03. The summed E-state index contributed by atoms with van der Waals surface area (Å²) in [5.74, 6) is 1.44. The Kier molecular flexibility index (Phi) is 2.63. The molecule has 6 nitrogen and oxygen atoms in total. The third-order valence-corrected chi connectivity index (χ3v) is 3.19. The number of anilines is 2. The number of nitrogens with one attached hydrogen (secondary N) is 2. The molecule has 19 heavy (non-hydrogen) atoms. The number of aromatic nitrogens is 2. The first-order chi connectivity index (χ1) is 9.19. The van der Waals surface area contributed by atoms with Crippen LogP contribution in [0, 0.1) is 0 Å². The fourth-order valence-corrected chi connectivity index (χ4v) is 2.04. The van der Waals surface area contributed by atoms with Gasteiger partial charge < -0.3 is 15.0 Å². The van der Waals surface area contributed by atoms with Crippen LogP contribution in [-0.2, 0) is 4.79 Å². The van der Waals surface area contributed by atoms with Crippen molar-refractivity contribution in [1.29, 1.82) is 0 Å². The fourth-order valence-electron chi connectivity index (χ4n) is 2.04. The largest absolute Gasteiger partial charge is 0.482 e. The molecule has 0 aliphatic carbocycles. The highest BCUT2D eigenvalue weighted by Gasteiger charge is 2.22. The van der Waals surface area contributed by atoms with E-state index in [4.69, 9.17) is 4.74 Å². The van der Waals surface area contributed by atoms with Gasteiger partial charge in [0, 0.05) is 25.7 Å². The van der Waals surface area contributed by atoms with Gasteiger partial charge in [0.15, 0.2) is 6.61 Å². The number of benzene rings is 1. The maximum absolute atomic E-state index is 11.6.